The average molecular weight is 409 g/mol. The van der Waals surface area contributed by atoms with Crippen LogP contribution in [0.4, 0.5) is 0 Å². The molecule has 4 rings (SSSR count). The van der Waals surface area contributed by atoms with Crippen molar-refractivity contribution in [1.82, 2.24) is 0 Å². The SMILES string of the molecule is COc1cc2c(cc1OC)[C@@H](c1cccc(Cl)c1)[NH+](Cc1cccc(C)c1)CC2. The molecule has 1 heterocycles. The van der Waals surface area contributed by atoms with E-state index in [1.807, 2.05) is 12.1 Å². The van der Waals surface area contributed by atoms with Crippen molar-refractivity contribution in [2.75, 3.05) is 20.8 Å². The molecule has 1 aliphatic heterocycles. The highest BCUT2D eigenvalue weighted by Crippen LogP contribution is 2.36. The molecule has 1 N–H and O–H groups in total. The number of benzene rings is 3. The number of quaternary nitrogens is 1. The molecule has 3 aromatic carbocycles. The molecule has 4 heteroatoms. The average Bonchev–Trinajstić information content (AvgIpc) is 2.72. The fourth-order valence-electron chi connectivity index (χ4n) is 4.46. The monoisotopic (exact) mass is 408 g/mol. The number of methoxy groups -OCH3 is 2. The van der Waals surface area contributed by atoms with Crippen LogP contribution in [0.15, 0.2) is 60.7 Å². The molecule has 0 spiro atoms. The van der Waals surface area contributed by atoms with Gasteiger partial charge in [0.1, 0.15) is 12.6 Å². The molecule has 150 valence electrons. The van der Waals surface area contributed by atoms with E-state index in [-0.39, 0.29) is 6.04 Å². The fourth-order valence-corrected chi connectivity index (χ4v) is 4.66. The van der Waals surface area contributed by atoms with Gasteiger partial charge in [-0.25, -0.2) is 0 Å². The number of ether oxygens (including phenoxy) is 2. The Morgan fingerprint density at radius 1 is 0.966 bits per heavy atom. The Labute approximate surface area is 177 Å². The van der Waals surface area contributed by atoms with Crippen LogP contribution < -0.4 is 14.4 Å². The molecule has 0 aromatic heterocycles. The van der Waals surface area contributed by atoms with Crippen LogP contribution >= 0.6 is 11.6 Å². The number of rotatable bonds is 5. The molecule has 0 bridgehead atoms. The second-order valence-electron chi connectivity index (χ2n) is 7.72. The second-order valence-corrected chi connectivity index (χ2v) is 8.15. The van der Waals surface area contributed by atoms with Crippen LogP contribution in [0.5, 0.6) is 11.5 Å². The fraction of sp³-hybridized carbons (Fsp3) is 0.280. The molecule has 1 unspecified atom stereocenters. The van der Waals surface area contributed by atoms with Crippen LogP contribution in [0.2, 0.25) is 5.02 Å². The lowest BCUT2D eigenvalue weighted by Crippen LogP contribution is -3.12. The quantitative estimate of drug-likeness (QED) is 0.676. The minimum absolute atomic E-state index is 0.192. The van der Waals surface area contributed by atoms with Crippen molar-refractivity contribution in [3.63, 3.8) is 0 Å². The van der Waals surface area contributed by atoms with Crippen LogP contribution in [0, 0.1) is 6.92 Å². The lowest BCUT2D eigenvalue weighted by atomic mass is 9.87. The van der Waals surface area contributed by atoms with Crippen molar-refractivity contribution in [2.24, 2.45) is 0 Å². The molecule has 2 atom stereocenters. The minimum atomic E-state index is 0.192. The Bertz CT molecular complexity index is 1020. The number of aryl methyl sites for hydroxylation is 1. The first-order valence-electron chi connectivity index (χ1n) is 9.99. The van der Waals surface area contributed by atoms with E-state index in [4.69, 9.17) is 21.1 Å². The van der Waals surface area contributed by atoms with Crippen LogP contribution in [-0.2, 0) is 13.0 Å². The van der Waals surface area contributed by atoms with Crippen LogP contribution in [-0.4, -0.2) is 20.8 Å². The van der Waals surface area contributed by atoms with Gasteiger partial charge < -0.3 is 14.4 Å². The maximum atomic E-state index is 6.37. The van der Waals surface area contributed by atoms with Gasteiger partial charge in [-0.15, -0.1) is 0 Å². The highest BCUT2D eigenvalue weighted by Gasteiger charge is 2.34. The van der Waals surface area contributed by atoms with Gasteiger partial charge in [0.15, 0.2) is 11.5 Å². The van der Waals surface area contributed by atoms with Gasteiger partial charge in [0.2, 0.25) is 0 Å². The Morgan fingerprint density at radius 2 is 1.72 bits per heavy atom. The molecule has 0 fully saturated rings. The number of hydrogen-bond acceptors (Lipinski definition) is 2. The molecular weight excluding hydrogens is 382 g/mol. The Balaban J connectivity index is 1.80. The summed E-state index contributed by atoms with van der Waals surface area (Å²) in [6, 6.07) is 21.5. The van der Waals surface area contributed by atoms with Gasteiger partial charge in [-0.1, -0.05) is 53.6 Å². The lowest BCUT2D eigenvalue weighted by Gasteiger charge is -2.35. The summed E-state index contributed by atoms with van der Waals surface area (Å²) in [6.45, 7) is 4.16. The van der Waals surface area contributed by atoms with Gasteiger partial charge in [-0.3, -0.25) is 0 Å². The normalized spacial score (nSPS) is 18.2. The first-order valence-corrected chi connectivity index (χ1v) is 10.4. The highest BCUT2D eigenvalue weighted by atomic mass is 35.5. The molecule has 0 amide bonds. The highest BCUT2D eigenvalue weighted by molar-refractivity contribution is 6.30. The molecule has 0 radical (unpaired) electrons. The molecular formula is C25H27ClNO2+. The first kappa shape index (κ1) is 19.8. The van der Waals surface area contributed by atoms with Gasteiger partial charge >= 0.3 is 0 Å². The molecule has 29 heavy (non-hydrogen) atoms. The topological polar surface area (TPSA) is 22.9 Å². The van der Waals surface area contributed by atoms with Gasteiger partial charge in [0.25, 0.3) is 0 Å². The number of halogens is 1. The summed E-state index contributed by atoms with van der Waals surface area (Å²) in [6.07, 6.45) is 1.01. The summed E-state index contributed by atoms with van der Waals surface area (Å²) in [4.78, 5) is 1.51. The van der Waals surface area contributed by atoms with E-state index in [2.05, 4.69) is 55.5 Å². The molecule has 1 aliphatic rings. The molecule has 0 saturated carbocycles. The van der Waals surface area contributed by atoms with E-state index >= 15 is 0 Å². The van der Waals surface area contributed by atoms with Crippen molar-refractivity contribution in [1.29, 1.82) is 0 Å². The van der Waals surface area contributed by atoms with E-state index in [1.165, 1.54) is 32.7 Å². The van der Waals surface area contributed by atoms with Gasteiger partial charge in [-0.2, -0.15) is 0 Å². The Hall–Kier alpha value is -2.49. The van der Waals surface area contributed by atoms with E-state index < -0.39 is 0 Å². The van der Waals surface area contributed by atoms with E-state index in [0.717, 1.165) is 36.0 Å². The van der Waals surface area contributed by atoms with Crippen molar-refractivity contribution in [3.05, 3.63) is 93.5 Å². The predicted octanol–water partition coefficient (Wildman–Crippen LogP) is 4.40. The molecule has 3 nitrogen and oxygen atoms in total. The van der Waals surface area contributed by atoms with Gasteiger partial charge in [-0.05, 0) is 36.8 Å². The second kappa shape index (κ2) is 8.48. The van der Waals surface area contributed by atoms with E-state index in [1.54, 1.807) is 14.2 Å². The van der Waals surface area contributed by atoms with Crippen molar-refractivity contribution < 1.29 is 14.4 Å². The third-order valence-electron chi connectivity index (χ3n) is 5.78. The third-order valence-corrected chi connectivity index (χ3v) is 6.01. The smallest absolute Gasteiger partial charge is 0.161 e. The summed E-state index contributed by atoms with van der Waals surface area (Å²) in [5.74, 6) is 1.56. The largest absolute Gasteiger partial charge is 0.493 e. The summed E-state index contributed by atoms with van der Waals surface area (Å²) in [7, 11) is 3.38. The zero-order chi connectivity index (χ0) is 20.4. The summed E-state index contributed by atoms with van der Waals surface area (Å²) in [5.41, 5.74) is 6.49. The van der Waals surface area contributed by atoms with Crippen molar-refractivity contribution >= 4 is 11.6 Å². The predicted molar refractivity (Wildman–Crippen MR) is 117 cm³/mol. The molecule has 0 saturated heterocycles. The number of hydrogen-bond donors (Lipinski definition) is 1. The molecule has 0 aliphatic carbocycles. The standard InChI is InChI=1S/C25H26ClNO2/c1-17-6-4-7-18(12-17)16-27-11-10-19-14-23(28-2)24(29-3)15-22(19)25(27)20-8-5-9-21(26)13-20/h4-9,12-15,25H,10-11,16H2,1-3H3/p+1/t25-/m1/s1. The van der Waals surface area contributed by atoms with Crippen LogP contribution in [0.1, 0.15) is 33.9 Å². The summed E-state index contributed by atoms with van der Waals surface area (Å²) in [5, 5.41) is 0.769. The van der Waals surface area contributed by atoms with Crippen molar-refractivity contribution in [3.8, 4) is 11.5 Å². The molecule has 3 aromatic rings. The maximum absolute atomic E-state index is 6.37. The lowest BCUT2D eigenvalue weighted by molar-refractivity contribution is -0.941. The zero-order valence-electron chi connectivity index (χ0n) is 17.2. The van der Waals surface area contributed by atoms with Crippen molar-refractivity contribution in [2.45, 2.75) is 25.9 Å². The Kier molecular flexibility index (Phi) is 5.79. The zero-order valence-corrected chi connectivity index (χ0v) is 17.9. The van der Waals surface area contributed by atoms with Gasteiger partial charge in [0.05, 0.1) is 20.8 Å². The van der Waals surface area contributed by atoms with E-state index in [9.17, 15) is 0 Å². The van der Waals surface area contributed by atoms with Gasteiger partial charge in [0, 0.05) is 28.1 Å². The van der Waals surface area contributed by atoms with Crippen LogP contribution in [0.3, 0.4) is 0 Å². The Morgan fingerprint density at radius 3 is 2.45 bits per heavy atom. The third kappa shape index (κ3) is 4.12. The number of nitrogens with one attached hydrogen (secondary N) is 1. The first-order chi connectivity index (χ1) is 14.1. The maximum Gasteiger partial charge on any atom is 0.161 e. The van der Waals surface area contributed by atoms with E-state index in [0.29, 0.717) is 0 Å². The number of fused-ring (bicyclic) bond motifs is 1. The van der Waals surface area contributed by atoms with Crippen LogP contribution in [0.25, 0.3) is 0 Å². The summed E-state index contributed by atoms with van der Waals surface area (Å²) < 4.78 is 11.2. The minimum Gasteiger partial charge on any atom is -0.493 e. The summed E-state index contributed by atoms with van der Waals surface area (Å²) >= 11 is 6.37.